The van der Waals surface area contributed by atoms with Crippen molar-refractivity contribution >= 4 is 53.5 Å². The number of halogens is 3. The zero-order valence-corrected chi connectivity index (χ0v) is 13.2. The number of hydrogen-bond acceptors (Lipinski definition) is 2. The summed E-state index contributed by atoms with van der Waals surface area (Å²) in [5.74, 6) is 0.240. The van der Waals surface area contributed by atoms with Gasteiger partial charge in [0.25, 0.3) is 0 Å². The van der Waals surface area contributed by atoms with Crippen molar-refractivity contribution in [1.82, 2.24) is 4.72 Å². The maximum atomic E-state index is 11.9. The number of nitrogens with one attached hydrogen (secondary N) is 1. The van der Waals surface area contributed by atoms with E-state index >= 15 is 0 Å². The van der Waals surface area contributed by atoms with Crippen LogP contribution in [-0.2, 0) is 10.0 Å². The number of benzene rings is 1. The summed E-state index contributed by atoms with van der Waals surface area (Å²) in [4.78, 5) is 0.204. The fourth-order valence-electron chi connectivity index (χ4n) is 1.08. The molecule has 1 rings (SSSR count). The molecule has 1 N–H and O–H groups in total. The summed E-state index contributed by atoms with van der Waals surface area (Å²) in [6, 6.07) is 3.31. The average Bonchev–Trinajstić information content (AvgIpc) is 2.20. The second-order valence-electron chi connectivity index (χ2n) is 3.12. The first kappa shape index (κ1) is 14.4. The number of aryl methyl sites for hydroxylation is 1. The molecule has 0 bridgehead atoms. The summed E-state index contributed by atoms with van der Waals surface area (Å²) in [6.45, 7) is 2.10. The number of alkyl halides is 1. The maximum absolute atomic E-state index is 11.9. The van der Waals surface area contributed by atoms with Gasteiger partial charge in [0.2, 0.25) is 10.0 Å². The minimum Gasteiger partial charge on any atom is -0.210 e. The van der Waals surface area contributed by atoms with E-state index in [0.29, 0.717) is 4.47 Å². The number of hydrogen-bond donors (Lipinski definition) is 1. The van der Waals surface area contributed by atoms with Crippen LogP contribution in [0.2, 0.25) is 0 Å². The van der Waals surface area contributed by atoms with E-state index in [4.69, 9.17) is 11.6 Å². The van der Waals surface area contributed by atoms with E-state index in [-0.39, 0.29) is 17.3 Å². The van der Waals surface area contributed by atoms with Crippen LogP contribution in [0, 0.1) is 6.92 Å². The molecule has 1 aromatic rings. The van der Waals surface area contributed by atoms with E-state index in [1.54, 1.807) is 12.1 Å². The van der Waals surface area contributed by atoms with Crippen LogP contribution in [0.1, 0.15) is 5.56 Å². The molecule has 1 aromatic carbocycles. The Morgan fingerprint density at radius 3 is 2.50 bits per heavy atom. The Bertz CT molecular complexity index is 491. The molecule has 16 heavy (non-hydrogen) atoms. The van der Waals surface area contributed by atoms with Gasteiger partial charge in [-0.25, -0.2) is 13.1 Å². The maximum Gasteiger partial charge on any atom is 0.241 e. The molecule has 7 heteroatoms. The molecule has 0 fully saturated rings. The van der Waals surface area contributed by atoms with Gasteiger partial charge < -0.3 is 0 Å². The first-order valence-electron chi connectivity index (χ1n) is 4.40. The Labute approximate surface area is 117 Å². The second-order valence-corrected chi connectivity index (χ2v) is 6.94. The van der Waals surface area contributed by atoms with Gasteiger partial charge in [-0.05, 0) is 40.5 Å². The lowest BCUT2D eigenvalue weighted by Gasteiger charge is -2.09. The molecule has 0 aliphatic heterocycles. The quantitative estimate of drug-likeness (QED) is 0.802. The van der Waals surface area contributed by atoms with Gasteiger partial charge >= 0.3 is 0 Å². The summed E-state index contributed by atoms with van der Waals surface area (Å²) in [5, 5.41) is 0. The standard InChI is InChI=1S/C9H10Br2ClNO2S/c1-6-4-8(11)9(5-7(6)10)16(14,15)13-3-2-12/h4-5,13H,2-3H2,1H3. The van der Waals surface area contributed by atoms with Crippen molar-refractivity contribution < 1.29 is 8.42 Å². The highest BCUT2D eigenvalue weighted by atomic mass is 79.9. The third kappa shape index (κ3) is 3.43. The topological polar surface area (TPSA) is 46.2 Å². The van der Waals surface area contributed by atoms with Crippen LogP contribution in [0.5, 0.6) is 0 Å². The SMILES string of the molecule is Cc1cc(Br)c(S(=O)(=O)NCCCl)cc1Br. The lowest BCUT2D eigenvalue weighted by Crippen LogP contribution is -2.26. The van der Waals surface area contributed by atoms with Crippen molar-refractivity contribution in [1.29, 1.82) is 0 Å². The third-order valence-corrected chi connectivity index (χ3v) is 5.35. The molecular formula is C9H10Br2ClNO2S. The summed E-state index contributed by atoms with van der Waals surface area (Å²) in [5.41, 5.74) is 0.961. The van der Waals surface area contributed by atoms with E-state index in [1.165, 1.54) is 0 Å². The van der Waals surface area contributed by atoms with Crippen molar-refractivity contribution in [3.8, 4) is 0 Å². The van der Waals surface area contributed by atoms with Gasteiger partial charge in [0, 0.05) is 21.4 Å². The second kappa shape index (κ2) is 5.82. The summed E-state index contributed by atoms with van der Waals surface area (Å²) in [6.07, 6.45) is 0. The Balaban J connectivity index is 3.18. The lowest BCUT2D eigenvalue weighted by molar-refractivity contribution is 0.583. The molecular weight excluding hydrogens is 381 g/mol. The molecule has 0 amide bonds. The lowest BCUT2D eigenvalue weighted by atomic mass is 10.2. The predicted octanol–water partition coefficient (Wildman–Crippen LogP) is 3.04. The highest BCUT2D eigenvalue weighted by molar-refractivity contribution is 9.11. The average molecular weight is 392 g/mol. The van der Waals surface area contributed by atoms with Gasteiger partial charge in [-0.15, -0.1) is 11.6 Å². The molecule has 0 aliphatic carbocycles. The summed E-state index contributed by atoms with van der Waals surface area (Å²) < 4.78 is 27.4. The normalized spacial score (nSPS) is 11.8. The molecule has 0 unspecified atom stereocenters. The fraction of sp³-hybridized carbons (Fsp3) is 0.333. The zero-order chi connectivity index (χ0) is 12.3. The Hall–Kier alpha value is 0.380. The highest BCUT2D eigenvalue weighted by Gasteiger charge is 2.18. The zero-order valence-electron chi connectivity index (χ0n) is 8.43. The van der Waals surface area contributed by atoms with Crippen molar-refractivity contribution in [3.05, 3.63) is 26.6 Å². The molecule has 0 aliphatic rings. The minimum atomic E-state index is -3.50. The van der Waals surface area contributed by atoms with Crippen LogP contribution in [0.3, 0.4) is 0 Å². The summed E-state index contributed by atoms with van der Waals surface area (Å²) >= 11 is 12.0. The molecule has 0 spiro atoms. The molecule has 0 saturated heterocycles. The van der Waals surface area contributed by atoms with Crippen LogP contribution in [0.4, 0.5) is 0 Å². The Morgan fingerprint density at radius 1 is 1.31 bits per heavy atom. The van der Waals surface area contributed by atoms with Crippen molar-refractivity contribution in [2.75, 3.05) is 12.4 Å². The molecule has 0 radical (unpaired) electrons. The van der Waals surface area contributed by atoms with Gasteiger partial charge in [0.05, 0.1) is 4.90 Å². The van der Waals surface area contributed by atoms with Gasteiger partial charge in [0.1, 0.15) is 0 Å². The van der Waals surface area contributed by atoms with E-state index < -0.39 is 10.0 Å². The molecule has 0 atom stereocenters. The molecule has 0 saturated carbocycles. The molecule has 3 nitrogen and oxygen atoms in total. The van der Waals surface area contributed by atoms with Crippen LogP contribution in [0.15, 0.2) is 26.0 Å². The third-order valence-electron chi connectivity index (χ3n) is 1.89. The molecule has 0 aromatic heterocycles. The Morgan fingerprint density at radius 2 is 1.94 bits per heavy atom. The van der Waals surface area contributed by atoms with E-state index in [0.717, 1.165) is 10.0 Å². The monoisotopic (exact) mass is 389 g/mol. The van der Waals surface area contributed by atoms with Gasteiger partial charge in [-0.1, -0.05) is 15.9 Å². The van der Waals surface area contributed by atoms with Crippen LogP contribution in [-0.4, -0.2) is 20.8 Å². The predicted molar refractivity (Wildman–Crippen MR) is 72.5 cm³/mol. The van der Waals surface area contributed by atoms with Crippen LogP contribution < -0.4 is 4.72 Å². The molecule has 90 valence electrons. The first-order chi connectivity index (χ1) is 7.38. The van der Waals surface area contributed by atoms with Crippen molar-refractivity contribution in [3.63, 3.8) is 0 Å². The number of rotatable bonds is 4. The van der Waals surface area contributed by atoms with Crippen molar-refractivity contribution in [2.45, 2.75) is 11.8 Å². The van der Waals surface area contributed by atoms with Crippen molar-refractivity contribution in [2.24, 2.45) is 0 Å². The Kier molecular flexibility index (Phi) is 5.25. The minimum absolute atomic E-state index is 0.204. The first-order valence-corrected chi connectivity index (χ1v) is 8.00. The van der Waals surface area contributed by atoms with Gasteiger partial charge in [-0.2, -0.15) is 0 Å². The van der Waals surface area contributed by atoms with E-state index in [2.05, 4.69) is 36.6 Å². The van der Waals surface area contributed by atoms with E-state index in [9.17, 15) is 8.42 Å². The molecule has 0 heterocycles. The highest BCUT2D eigenvalue weighted by Crippen LogP contribution is 2.28. The van der Waals surface area contributed by atoms with Crippen LogP contribution >= 0.6 is 43.5 Å². The van der Waals surface area contributed by atoms with Crippen LogP contribution in [0.25, 0.3) is 0 Å². The number of sulfonamides is 1. The van der Waals surface area contributed by atoms with E-state index in [1.807, 2.05) is 6.92 Å². The fourth-order valence-corrected chi connectivity index (χ4v) is 4.00. The largest absolute Gasteiger partial charge is 0.241 e. The van der Waals surface area contributed by atoms with Gasteiger partial charge in [0.15, 0.2) is 0 Å². The summed E-state index contributed by atoms with van der Waals surface area (Å²) in [7, 11) is -3.50. The van der Waals surface area contributed by atoms with Gasteiger partial charge in [-0.3, -0.25) is 0 Å². The smallest absolute Gasteiger partial charge is 0.210 e.